The maximum Gasteiger partial charge on any atom is 0.192 e. The maximum atomic E-state index is 12.4. The molecule has 2 aromatic rings. The first-order chi connectivity index (χ1) is 9.65. The quantitative estimate of drug-likeness (QED) is 0.755. The summed E-state index contributed by atoms with van der Waals surface area (Å²) in [6.07, 6.45) is 1.78. The van der Waals surface area contributed by atoms with E-state index in [0.717, 1.165) is 5.56 Å². The molecule has 1 heterocycles. The standard InChI is InChI=1S/C16H10Cl2O2/c17-13-7-11-6-12(9-20-16(11)14(18)8-13)15(19)10-4-2-1-3-5-10/h1-8H,9H2. The second-order valence-electron chi connectivity index (χ2n) is 4.46. The smallest absolute Gasteiger partial charge is 0.192 e. The van der Waals surface area contributed by atoms with Crippen molar-refractivity contribution in [3.63, 3.8) is 0 Å². The van der Waals surface area contributed by atoms with E-state index >= 15 is 0 Å². The largest absolute Gasteiger partial charge is 0.487 e. The van der Waals surface area contributed by atoms with E-state index in [9.17, 15) is 4.79 Å². The normalized spacial score (nSPS) is 13.2. The third kappa shape index (κ3) is 2.45. The van der Waals surface area contributed by atoms with E-state index in [1.807, 2.05) is 18.2 Å². The number of Topliss-reactive ketones (excluding diaryl/α,β-unsaturated/α-hetero) is 1. The fourth-order valence-electron chi connectivity index (χ4n) is 2.13. The summed E-state index contributed by atoms with van der Waals surface area (Å²) in [5.74, 6) is 0.521. The average molecular weight is 305 g/mol. The van der Waals surface area contributed by atoms with Gasteiger partial charge in [-0.15, -0.1) is 0 Å². The summed E-state index contributed by atoms with van der Waals surface area (Å²) < 4.78 is 5.58. The van der Waals surface area contributed by atoms with Gasteiger partial charge in [0.1, 0.15) is 12.4 Å². The molecule has 0 aromatic heterocycles. The predicted molar refractivity (Wildman–Crippen MR) is 80.7 cm³/mol. The first kappa shape index (κ1) is 13.2. The van der Waals surface area contributed by atoms with E-state index in [2.05, 4.69) is 0 Å². The summed E-state index contributed by atoms with van der Waals surface area (Å²) in [6.45, 7) is 0.210. The van der Waals surface area contributed by atoms with Gasteiger partial charge in [-0.05, 0) is 18.2 Å². The van der Waals surface area contributed by atoms with E-state index in [4.69, 9.17) is 27.9 Å². The molecule has 20 heavy (non-hydrogen) atoms. The van der Waals surface area contributed by atoms with Crippen LogP contribution in [0.2, 0.25) is 10.0 Å². The molecule has 2 nitrogen and oxygen atoms in total. The first-order valence-electron chi connectivity index (χ1n) is 6.07. The molecule has 0 unspecified atom stereocenters. The molecule has 4 heteroatoms. The zero-order valence-electron chi connectivity index (χ0n) is 10.4. The summed E-state index contributed by atoms with van der Waals surface area (Å²) >= 11 is 12.0. The minimum atomic E-state index is -0.0488. The van der Waals surface area contributed by atoms with Gasteiger partial charge < -0.3 is 4.74 Å². The number of fused-ring (bicyclic) bond motifs is 1. The van der Waals surface area contributed by atoms with Gasteiger partial charge in [0.05, 0.1) is 5.02 Å². The molecular formula is C16H10Cl2O2. The number of hydrogen-bond donors (Lipinski definition) is 0. The van der Waals surface area contributed by atoms with Crippen molar-refractivity contribution in [1.82, 2.24) is 0 Å². The molecule has 0 bridgehead atoms. The van der Waals surface area contributed by atoms with Crippen LogP contribution in [0.5, 0.6) is 5.75 Å². The van der Waals surface area contributed by atoms with Crippen molar-refractivity contribution in [3.05, 3.63) is 69.2 Å². The fraction of sp³-hybridized carbons (Fsp3) is 0.0625. The number of halogens is 2. The minimum absolute atomic E-state index is 0.0488. The molecule has 0 atom stereocenters. The van der Waals surface area contributed by atoms with Gasteiger partial charge in [-0.1, -0.05) is 53.5 Å². The average Bonchev–Trinajstić information content (AvgIpc) is 2.46. The van der Waals surface area contributed by atoms with Gasteiger partial charge in [0.15, 0.2) is 5.78 Å². The number of rotatable bonds is 2. The monoisotopic (exact) mass is 304 g/mol. The van der Waals surface area contributed by atoms with Gasteiger partial charge in [0.2, 0.25) is 0 Å². The lowest BCUT2D eigenvalue weighted by molar-refractivity contribution is 0.102. The molecule has 0 fully saturated rings. The Morgan fingerprint density at radius 3 is 2.60 bits per heavy atom. The number of ether oxygens (including phenoxy) is 1. The number of benzene rings is 2. The van der Waals surface area contributed by atoms with Crippen molar-refractivity contribution in [3.8, 4) is 5.75 Å². The summed E-state index contributed by atoms with van der Waals surface area (Å²) in [5.41, 5.74) is 1.95. The predicted octanol–water partition coefficient (Wildman–Crippen LogP) is 4.65. The second-order valence-corrected chi connectivity index (χ2v) is 5.30. The molecule has 3 rings (SSSR count). The third-order valence-corrected chi connectivity index (χ3v) is 3.57. The van der Waals surface area contributed by atoms with Crippen molar-refractivity contribution in [2.45, 2.75) is 0 Å². The molecule has 0 radical (unpaired) electrons. The molecular weight excluding hydrogens is 295 g/mol. The Hall–Kier alpha value is -1.77. The van der Waals surface area contributed by atoms with Gasteiger partial charge >= 0.3 is 0 Å². The highest BCUT2D eigenvalue weighted by atomic mass is 35.5. The molecule has 1 aliphatic rings. The Balaban J connectivity index is 2.01. The van der Waals surface area contributed by atoms with Gasteiger partial charge in [-0.25, -0.2) is 0 Å². The van der Waals surface area contributed by atoms with Crippen molar-refractivity contribution in [1.29, 1.82) is 0 Å². The van der Waals surface area contributed by atoms with Gasteiger partial charge in [0.25, 0.3) is 0 Å². The Bertz CT molecular complexity index is 706. The Morgan fingerprint density at radius 1 is 1.10 bits per heavy atom. The molecule has 0 amide bonds. The van der Waals surface area contributed by atoms with Crippen LogP contribution in [-0.2, 0) is 0 Å². The fourth-order valence-corrected chi connectivity index (χ4v) is 2.69. The lowest BCUT2D eigenvalue weighted by Crippen LogP contribution is -2.15. The Morgan fingerprint density at radius 2 is 1.85 bits per heavy atom. The minimum Gasteiger partial charge on any atom is -0.487 e. The maximum absolute atomic E-state index is 12.4. The lowest BCUT2D eigenvalue weighted by Gasteiger charge is -2.18. The van der Waals surface area contributed by atoms with Crippen LogP contribution in [0.1, 0.15) is 15.9 Å². The highest BCUT2D eigenvalue weighted by Gasteiger charge is 2.20. The zero-order valence-corrected chi connectivity index (χ0v) is 11.9. The Labute approximate surface area is 126 Å². The topological polar surface area (TPSA) is 26.3 Å². The van der Waals surface area contributed by atoms with Crippen LogP contribution < -0.4 is 4.74 Å². The number of ketones is 1. The number of carbonyl (C=O) groups is 1. The van der Waals surface area contributed by atoms with Crippen LogP contribution in [0.3, 0.4) is 0 Å². The lowest BCUT2D eigenvalue weighted by atomic mass is 9.99. The SMILES string of the molecule is O=C(C1=Cc2cc(Cl)cc(Cl)c2OC1)c1ccccc1. The second kappa shape index (κ2) is 5.31. The van der Waals surface area contributed by atoms with E-state index in [-0.39, 0.29) is 12.4 Å². The molecule has 0 spiro atoms. The molecule has 2 aromatic carbocycles. The van der Waals surface area contributed by atoms with Crippen molar-refractivity contribution < 1.29 is 9.53 Å². The van der Waals surface area contributed by atoms with Gasteiger partial charge in [-0.2, -0.15) is 0 Å². The molecule has 1 aliphatic heterocycles. The van der Waals surface area contributed by atoms with Gasteiger partial charge in [-0.3, -0.25) is 4.79 Å². The summed E-state index contributed by atoms with van der Waals surface area (Å²) in [7, 11) is 0. The van der Waals surface area contributed by atoms with Crippen LogP contribution in [0.25, 0.3) is 6.08 Å². The first-order valence-corrected chi connectivity index (χ1v) is 6.83. The zero-order chi connectivity index (χ0) is 14.1. The molecule has 0 saturated heterocycles. The van der Waals surface area contributed by atoms with Crippen LogP contribution in [0.15, 0.2) is 48.0 Å². The van der Waals surface area contributed by atoms with Crippen LogP contribution in [0, 0.1) is 0 Å². The van der Waals surface area contributed by atoms with E-state index in [1.165, 1.54) is 0 Å². The summed E-state index contributed by atoms with van der Waals surface area (Å²) in [5, 5.41) is 0.969. The number of hydrogen-bond acceptors (Lipinski definition) is 2. The van der Waals surface area contributed by atoms with E-state index < -0.39 is 0 Å². The highest BCUT2D eigenvalue weighted by molar-refractivity contribution is 6.36. The van der Waals surface area contributed by atoms with Crippen molar-refractivity contribution in [2.75, 3.05) is 6.61 Å². The molecule has 0 N–H and O–H groups in total. The summed E-state index contributed by atoms with van der Waals surface area (Å²) in [4.78, 5) is 12.4. The van der Waals surface area contributed by atoms with Crippen LogP contribution in [-0.4, -0.2) is 12.4 Å². The van der Waals surface area contributed by atoms with Crippen LogP contribution in [0.4, 0.5) is 0 Å². The molecule has 100 valence electrons. The van der Waals surface area contributed by atoms with Crippen LogP contribution >= 0.6 is 23.2 Å². The van der Waals surface area contributed by atoms with E-state index in [1.54, 1.807) is 30.3 Å². The highest BCUT2D eigenvalue weighted by Crippen LogP contribution is 2.36. The summed E-state index contributed by atoms with van der Waals surface area (Å²) in [6, 6.07) is 12.5. The Kier molecular flexibility index (Phi) is 3.51. The third-order valence-electron chi connectivity index (χ3n) is 3.07. The van der Waals surface area contributed by atoms with Gasteiger partial charge in [0, 0.05) is 21.7 Å². The molecule has 0 aliphatic carbocycles. The number of carbonyl (C=O) groups excluding carboxylic acids is 1. The van der Waals surface area contributed by atoms with E-state index in [0.29, 0.717) is 26.9 Å². The molecule has 0 saturated carbocycles. The van der Waals surface area contributed by atoms with Crippen molar-refractivity contribution >= 4 is 35.1 Å². The van der Waals surface area contributed by atoms with Crippen molar-refractivity contribution in [2.24, 2.45) is 0 Å².